The van der Waals surface area contributed by atoms with Crippen LogP contribution in [0.5, 0.6) is 11.5 Å². The van der Waals surface area contributed by atoms with Gasteiger partial charge in [-0.3, -0.25) is 9.58 Å². The van der Waals surface area contributed by atoms with E-state index in [1.165, 1.54) is 6.42 Å². The van der Waals surface area contributed by atoms with Crippen molar-refractivity contribution in [3.63, 3.8) is 0 Å². The van der Waals surface area contributed by atoms with Crippen LogP contribution in [0.25, 0.3) is 33.3 Å². The Hall–Kier alpha value is -3.49. The maximum absolute atomic E-state index is 10.9. The lowest BCUT2D eigenvalue weighted by Crippen LogP contribution is -2.51. The summed E-state index contributed by atoms with van der Waals surface area (Å²) >= 11 is 0. The molecule has 4 aromatic rings. The normalized spacial score (nSPS) is 19.2. The van der Waals surface area contributed by atoms with Crippen LogP contribution in [0, 0.1) is 0 Å². The van der Waals surface area contributed by atoms with E-state index in [2.05, 4.69) is 32.3 Å². The maximum atomic E-state index is 10.9. The van der Waals surface area contributed by atoms with Gasteiger partial charge < -0.3 is 14.6 Å². The highest BCUT2D eigenvalue weighted by molar-refractivity contribution is 5.90. The number of ether oxygens (including phenoxy) is 2. The summed E-state index contributed by atoms with van der Waals surface area (Å²) in [5.74, 6) is 1.30. The molecule has 0 spiro atoms. The van der Waals surface area contributed by atoms with Gasteiger partial charge in [-0.25, -0.2) is 0 Å². The zero-order valence-corrected chi connectivity index (χ0v) is 20.7. The van der Waals surface area contributed by atoms with Crippen molar-refractivity contribution in [2.45, 2.75) is 31.2 Å². The van der Waals surface area contributed by atoms with Crippen LogP contribution in [-0.2, 0) is 11.8 Å². The number of hydrogen-bond acceptors (Lipinski definition) is 7. The number of aromatic nitrogens is 4. The van der Waals surface area contributed by atoms with E-state index in [9.17, 15) is 5.11 Å². The Kier molecular flexibility index (Phi) is 6.07. The second kappa shape index (κ2) is 9.52. The Morgan fingerprint density at radius 1 is 1.00 bits per heavy atom. The molecule has 8 nitrogen and oxygen atoms in total. The van der Waals surface area contributed by atoms with E-state index in [0.717, 1.165) is 66.9 Å². The van der Waals surface area contributed by atoms with Crippen LogP contribution >= 0.6 is 0 Å². The van der Waals surface area contributed by atoms with Crippen molar-refractivity contribution in [3.05, 3.63) is 54.4 Å². The molecule has 1 N–H and O–H groups in total. The molecule has 0 radical (unpaired) electrons. The summed E-state index contributed by atoms with van der Waals surface area (Å²) in [6, 6.07) is 14.3. The van der Waals surface area contributed by atoms with Gasteiger partial charge in [0, 0.05) is 62.5 Å². The summed E-state index contributed by atoms with van der Waals surface area (Å²) in [6.45, 7) is 3.82. The molecule has 1 atom stereocenters. The maximum Gasteiger partial charge on any atom is 0.147 e. The summed E-state index contributed by atoms with van der Waals surface area (Å²) < 4.78 is 12.9. The molecule has 2 aliphatic rings. The van der Waals surface area contributed by atoms with E-state index in [4.69, 9.17) is 9.47 Å². The zero-order valence-electron chi connectivity index (χ0n) is 20.7. The van der Waals surface area contributed by atoms with E-state index in [1.807, 2.05) is 37.5 Å². The summed E-state index contributed by atoms with van der Waals surface area (Å²) in [6.07, 6.45) is 5.44. The number of aryl methyl sites for hydroxylation is 1. The number of rotatable bonds is 5. The van der Waals surface area contributed by atoms with Gasteiger partial charge in [-0.2, -0.15) is 15.3 Å². The first-order valence-corrected chi connectivity index (χ1v) is 12.6. The van der Waals surface area contributed by atoms with E-state index >= 15 is 0 Å². The van der Waals surface area contributed by atoms with Gasteiger partial charge in [0.1, 0.15) is 17.0 Å². The van der Waals surface area contributed by atoms with E-state index in [0.29, 0.717) is 29.0 Å². The average molecular weight is 486 g/mol. The van der Waals surface area contributed by atoms with Gasteiger partial charge in [0.15, 0.2) is 0 Å². The SMILES string of the molecule is COc1cc(-c2ccc(-c3ccc(C4CN(C5CCCOCC5)C4)nn3)c(O)c2)cc2cn(C)nc12. The molecule has 0 saturated carbocycles. The molecule has 0 amide bonds. The molecule has 8 heteroatoms. The van der Waals surface area contributed by atoms with Gasteiger partial charge in [0.2, 0.25) is 0 Å². The fourth-order valence-corrected chi connectivity index (χ4v) is 5.43. The Balaban J connectivity index is 1.18. The van der Waals surface area contributed by atoms with Gasteiger partial charge in [-0.1, -0.05) is 6.07 Å². The fourth-order valence-electron chi connectivity index (χ4n) is 5.43. The molecule has 2 aliphatic heterocycles. The number of fused-ring (bicyclic) bond motifs is 1. The molecule has 2 fully saturated rings. The number of nitrogens with zero attached hydrogens (tertiary/aromatic N) is 5. The molecule has 6 rings (SSSR count). The smallest absolute Gasteiger partial charge is 0.147 e. The van der Waals surface area contributed by atoms with Crippen molar-refractivity contribution < 1.29 is 14.6 Å². The Bertz CT molecular complexity index is 1370. The first-order chi connectivity index (χ1) is 17.6. The zero-order chi connectivity index (χ0) is 24.6. The summed E-state index contributed by atoms with van der Waals surface area (Å²) in [7, 11) is 3.53. The number of likely N-dealkylation sites (tertiary alicyclic amines) is 1. The Morgan fingerprint density at radius 3 is 2.67 bits per heavy atom. The van der Waals surface area contributed by atoms with Gasteiger partial charge in [-0.15, -0.1) is 0 Å². The lowest BCUT2D eigenvalue weighted by molar-refractivity contribution is 0.0727. The predicted molar refractivity (Wildman–Crippen MR) is 138 cm³/mol. The van der Waals surface area contributed by atoms with Crippen molar-refractivity contribution in [2.24, 2.45) is 7.05 Å². The number of phenols is 1. The lowest BCUT2D eigenvalue weighted by Gasteiger charge is -2.43. The second-order valence-corrected chi connectivity index (χ2v) is 9.84. The number of benzene rings is 2. The molecule has 2 aromatic carbocycles. The van der Waals surface area contributed by atoms with Gasteiger partial charge in [0.25, 0.3) is 0 Å². The van der Waals surface area contributed by atoms with Gasteiger partial charge in [-0.05, 0) is 66.8 Å². The van der Waals surface area contributed by atoms with Crippen LogP contribution in [0.15, 0.2) is 48.7 Å². The highest BCUT2D eigenvalue weighted by Gasteiger charge is 2.34. The van der Waals surface area contributed by atoms with Crippen LogP contribution in [0.1, 0.15) is 30.9 Å². The molecule has 0 bridgehead atoms. The van der Waals surface area contributed by atoms with Crippen molar-refractivity contribution in [1.82, 2.24) is 24.9 Å². The van der Waals surface area contributed by atoms with Crippen molar-refractivity contribution in [3.8, 4) is 33.9 Å². The van der Waals surface area contributed by atoms with Crippen LogP contribution in [-0.4, -0.2) is 69.4 Å². The molecule has 1 unspecified atom stereocenters. The second-order valence-electron chi connectivity index (χ2n) is 9.84. The summed E-state index contributed by atoms with van der Waals surface area (Å²) in [5.41, 5.74) is 5.01. The van der Waals surface area contributed by atoms with E-state index in [-0.39, 0.29) is 5.75 Å². The number of hydrogen-bond donors (Lipinski definition) is 1. The predicted octanol–water partition coefficient (Wildman–Crippen LogP) is 4.38. The minimum Gasteiger partial charge on any atom is -0.507 e. The quantitative estimate of drug-likeness (QED) is 0.449. The molecular formula is C28H31N5O3. The molecule has 2 aromatic heterocycles. The Labute approximate surface area is 210 Å². The summed E-state index contributed by atoms with van der Waals surface area (Å²) in [4.78, 5) is 2.55. The summed E-state index contributed by atoms with van der Waals surface area (Å²) in [5, 5.41) is 25.3. The largest absolute Gasteiger partial charge is 0.507 e. The van der Waals surface area contributed by atoms with Crippen molar-refractivity contribution >= 4 is 10.9 Å². The Morgan fingerprint density at radius 2 is 1.89 bits per heavy atom. The molecule has 36 heavy (non-hydrogen) atoms. The average Bonchev–Trinajstić information content (AvgIpc) is 3.05. The highest BCUT2D eigenvalue weighted by Crippen LogP contribution is 2.37. The van der Waals surface area contributed by atoms with E-state index in [1.54, 1.807) is 17.9 Å². The third-order valence-corrected chi connectivity index (χ3v) is 7.47. The highest BCUT2D eigenvalue weighted by atomic mass is 16.5. The number of methoxy groups -OCH3 is 1. The lowest BCUT2D eigenvalue weighted by atomic mass is 9.91. The first kappa shape index (κ1) is 22.9. The standard InChI is InChI=1S/C28H31N5O3/c1-32-15-20-12-19(14-27(35-2)28(20)31-32)18-5-6-23(26(34)13-18)25-8-7-24(29-30-25)21-16-33(17-21)22-4-3-10-36-11-9-22/h5-8,12-15,21-22,34H,3-4,9-11,16-17H2,1-2H3. The van der Waals surface area contributed by atoms with Crippen LogP contribution in [0.2, 0.25) is 0 Å². The minimum absolute atomic E-state index is 0.171. The third-order valence-electron chi connectivity index (χ3n) is 7.47. The number of phenolic OH excluding ortho intramolecular Hbond substituents is 1. The monoisotopic (exact) mass is 485 g/mol. The number of aromatic hydroxyl groups is 1. The van der Waals surface area contributed by atoms with Crippen molar-refractivity contribution in [2.75, 3.05) is 33.4 Å². The minimum atomic E-state index is 0.171. The molecule has 0 aliphatic carbocycles. The fraction of sp³-hybridized carbons (Fsp3) is 0.393. The van der Waals surface area contributed by atoms with Crippen LogP contribution in [0.3, 0.4) is 0 Å². The van der Waals surface area contributed by atoms with E-state index < -0.39 is 0 Å². The van der Waals surface area contributed by atoms with Gasteiger partial charge >= 0.3 is 0 Å². The third kappa shape index (κ3) is 4.31. The molecule has 2 saturated heterocycles. The van der Waals surface area contributed by atoms with Crippen LogP contribution in [0.4, 0.5) is 0 Å². The molecule has 4 heterocycles. The topological polar surface area (TPSA) is 85.5 Å². The van der Waals surface area contributed by atoms with Crippen LogP contribution < -0.4 is 4.74 Å². The first-order valence-electron chi connectivity index (χ1n) is 12.6. The van der Waals surface area contributed by atoms with Crippen molar-refractivity contribution in [1.29, 1.82) is 0 Å². The molecule has 186 valence electrons. The molecular weight excluding hydrogens is 454 g/mol. The van der Waals surface area contributed by atoms with Gasteiger partial charge in [0.05, 0.1) is 18.5 Å².